The Balaban J connectivity index is 1.43. The van der Waals surface area contributed by atoms with Crippen molar-refractivity contribution in [1.29, 1.82) is 0 Å². The fourth-order valence-corrected chi connectivity index (χ4v) is 6.52. The molecule has 1 aliphatic carbocycles. The van der Waals surface area contributed by atoms with E-state index in [9.17, 15) is 14.7 Å². The van der Waals surface area contributed by atoms with Crippen LogP contribution >= 0.6 is 0 Å². The molecule has 0 spiro atoms. The predicted molar refractivity (Wildman–Crippen MR) is 126 cm³/mol. The third kappa shape index (κ3) is 3.90. The first-order valence-electron chi connectivity index (χ1n) is 12.0. The molecule has 3 heterocycles. The van der Waals surface area contributed by atoms with Gasteiger partial charge in [-0.15, -0.1) is 0 Å². The van der Waals surface area contributed by atoms with E-state index in [1.807, 2.05) is 42.5 Å². The maximum absolute atomic E-state index is 13.7. The summed E-state index contributed by atoms with van der Waals surface area (Å²) in [6.07, 6.45) is 1.59. The van der Waals surface area contributed by atoms with Crippen LogP contribution in [0, 0.1) is 23.7 Å². The fourth-order valence-electron chi connectivity index (χ4n) is 6.52. The SMILES string of the molecule is CC(C)C[C@@H]1[C@@H]2[C@@H]3C(=O)N[C@@]1(C(=O)NCc1ccccc1)C[C@@H]3CN2Cc1ccc(O)cc1. The molecule has 3 aliphatic heterocycles. The van der Waals surface area contributed by atoms with E-state index < -0.39 is 5.54 Å². The van der Waals surface area contributed by atoms with E-state index in [4.69, 9.17) is 0 Å². The first-order valence-corrected chi connectivity index (χ1v) is 12.0. The van der Waals surface area contributed by atoms with Crippen molar-refractivity contribution in [2.24, 2.45) is 23.7 Å². The molecule has 33 heavy (non-hydrogen) atoms. The lowest BCUT2D eigenvalue weighted by molar-refractivity contribution is -0.155. The van der Waals surface area contributed by atoms with E-state index in [2.05, 4.69) is 29.4 Å². The van der Waals surface area contributed by atoms with E-state index in [1.165, 1.54) is 0 Å². The van der Waals surface area contributed by atoms with Gasteiger partial charge in [0.2, 0.25) is 11.8 Å². The second-order valence-electron chi connectivity index (χ2n) is 10.4. The zero-order chi connectivity index (χ0) is 23.2. The Hall–Kier alpha value is -2.86. The molecule has 3 saturated heterocycles. The lowest BCUT2D eigenvalue weighted by Crippen LogP contribution is -2.75. The Bertz CT molecular complexity index is 1020. The number of hydrogen-bond acceptors (Lipinski definition) is 4. The van der Waals surface area contributed by atoms with Gasteiger partial charge < -0.3 is 15.7 Å². The summed E-state index contributed by atoms with van der Waals surface area (Å²) < 4.78 is 0. The van der Waals surface area contributed by atoms with Crippen LogP contribution in [0.1, 0.15) is 37.8 Å². The first-order chi connectivity index (χ1) is 15.9. The fraction of sp³-hybridized carbons (Fsp3) is 0.481. The number of benzene rings is 2. The molecule has 2 aromatic carbocycles. The highest BCUT2D eigenvalue weighted by atomic mass is 16.3. The number of nitrogens with one attached hydrogen (secondary N) is 2. The standard InChI is InChI=1S/C27H33N3O3/c1-17(2)12-22-24-23-20(16-30(24)15-19-8-10-21(31)11-9-19)13-27(22,29-25(23)32)26(33)28-14-18-6-4-3-5-7-18/h3-11,17,20,22-24,31H,12-16H2,1-2H3,(H,28,33)(H,29,32)/t20-,22-,23-,24-,27+/m1/s1. The smallest absolute Gasteiger partial charge is 0.246 e. The van der Waals surface area contributed by atoms with Crippen LogP contribution in [0.4, 0.5) is 0 Å². The molecular weight excluding hydrogens is 414 g/mol. The quantitative estimate of drug-likeness (QED) is 0.609. The second-order valence-corrected chi connectivity index (χ2v) is 10.4. The monoisotopic (exact) mass is 447 g/mol. The van der Waals surface area contributed by atoms with Crippen LogP contribution in [0.3, 0.4) is 0 Å². The van der Waals surface area contributed by atoms with Crippen LogP contribution in [0.2, 0.25) is 0 Å². The van der Waals surface area contributed by atoms with Crippen LogP contribution in [0.5, 0.6) is 5.75 Å². The molecule has 6 nitrogen and oxygen atoms in total. The molecule has 0 aromatic heterocycles. The van der Waals surface area contributed by atoms with Crippen molar-refractivity contribution in [1.82, 2.24) is 15.5 Å². The Morgan fingerprint density at radius 2 is 1.88 bits per heavy atom. The average Bonchev–Trinajstić information content (AvgIpc) is 3.10. The highest BCUT2D eigenvalue weighted by Crippen LogP contribution is 2.54. The second kappa shape index (κ2) is 8.49. The van der Waals surface area contributed by atoms with Crippen molar-refractivity contribution in [3.8, 4) is 5.75 Å². The van der Waals surface area contributed by atoms with Crippen molar-refractivity contribution < 1.29 is 14.7 Å². The average molecular weight is 448 g/mol. The highest BCUT2D eigenvalue weighted by molar-refractivity contribution is 5.96. The van der Waals surface area contributed by atoms with Gasteiger partial charge in [0.05, 0.1) is 5.92 Å². The lowest BCUT2D eigenvalue weighted by atomic mass is 9.57. The molecule has 4 bridgehead atoms. The molecule has 0 radical (unpaired) electrons. The van der Waals surface area contributed by atoms with E-state index in [0.29, 0.717) is 18.9 Å². The number of carbonyl (C=O) groups excluding carboxylic acids is 2. The summed E-state index contributed by atoms with van der Waals surface area (Å²) in [6, 6.07) is 17.3. The first kappa shape index (κ1) is 22.0. The van der Waals surface area contributed by atoms with Gasteiger partial charge in [0.15, 0.2) is 0 Å². The minimum atomic E-state index is -0.857. The topological polar surface area (TPSA) is 81.7 Å². The number of hydrogen-bond donors (Lipinski definition) is 3. The van der Waals surface area contributed by atoms with Crippen molar-refractivity contribution in [2.75, 3.05) is 6.54 Å². The number of likely N-dealkylation sites (tertiary alicyclic amines) is 1. The van der Waals surface area contributed by atoms with Crippen LogP contribution in [0.25, 0.3) is 0 Å². The van der Waals surface area contributed by atoms with E-state index in [1.54, 1.807) is 12.1 Å². The molecule has 3 N–H and O–H groups in total. The number of fused-ring (bicyclic) bond motifs is 1. The van der Waals surface area contributed by atoms with Gasteiger partial charge >= 0.3 is 0 Å². The Kier molecular flexibility index (Phi) is 5.65. The number of aromatic hydroxyl groups is 1. The molecule has 1 saturated carbocycles. The molecule has 2 amide bonds. The molecule has 4 aliphatic rings. The molecule has 174 valence electrons. The Morgan fingerprint density at radius 1 is 1.15 bits per heavy atom. The summed E-state index contributed by atoms with van der Waals surface area (Å²) in [7, 11) is 0. The zero-order valence-corrected chi connectivity index (χ0v) is 19.3. The minimum Gasteiger partial charge on any atom is -0.508 e. The summed E-state index contributed by atoms with van der Waals surface area (Å²) in [6.45, 7) is 6.39. The van der Waals surface area contributed by atoms with E-state index >= 15 is 0 Å². The third-order valence-electron chi connectivity index (χ3n) is 7.79. The van der Waals surface area contributed by atoms with Gasteiger partial charge in [-0.1, -0.05) is 56.3 Å². The largest absolute Gasteiger partial charge is 0.508 e. The Morgan fingerprint density at radius 3 is 2.58 bits per heavy atom. The van der Waals surface area contributed by atoms with Gasteiger partial charge in [0.1, 0.15) is 11.3 Å². The Labute approximate surface area is 195 Å². The van der Waals surface area contributed by atoms with Gasteiger partial charge in [-0.3, -0.25) is 14.5 Å². The van der Waals surface area contributed by atoms with Gasteiger partial charge in [-0.25, -0.2) is 0 Å². The van der Waals surface area contributed by atoms with Crippen LogP contribution in [0.15, 0.2) is 54.6 Å². The number of nitrogens with zero attached hydrogens (tertiary/aromatic N) is 1. The third-order valence-corrected chi connectivity index (χ3v) is 7.79. The molecule has 2 aromatic rings. The molecular formula is C27H33N3O3. The van der Waals surface area contributed by atoms with Crippen LogP contribution in [-0.4, -0.2) is 39.9 Å². The van der Waals surface area contributed by atoms with Gasteiger partial charge in [-0.2, -0.15) is 0 Å². The predicted octanol–water partition coefficient (Wildman–Crippen LogP) is 3.06. The molecule has 5 atom stereocenters. The van der Waals surface area contributed by atoms with Crippen LogP contribution in [-0.2, 0) is 22.7 Å². The maximum atomic E-state index is 13.7. The van der Waals surface area contributed by atoms with Crippen molar-refractivity contribution in [3.63, 3.8) is 0 Å². The summed E-state index contributed by atoms with van der Waals surface area (Å²) in [5, 5.41) is 16.0. The highest BCUT2D eigenvalue weighted by Gasteiger charge is 2.67. The zero-order valence-electron chi connectivity index (χ0n) is 19.3. The summed E-state index contributed by atoms with van der Waals surface area (Å²) in [4.78, 5) is 29.4. The molecule has 6 heteroatoms. The molecule has 0 unspecified atom stereocenters. The number of piperidine rings is 2. The summed E-state index contributed by atoms with van der Waals surface area (Å²) in [5.41, 5.74) is 1.31. The molecule has 6 rings (SSSR count). The summed E-state index contributed by atoms with van der Waals surface area (Å²) >= 11 is 0. The maximum Gasteiger partial charge on any atom is 0.246 e. The van der Waals surface area contributed by atoms with Crippen molar-refractivity contribution in [2.45, 2.75) is 51.4 Å². The molecule has 4 fully saturated rings. The number of phenols is 1. The number of carbonyl (C=O) groups is 2. The number of phenolic OH excluding ortho intramolecular Hbond substituents is 1. The minimum absolute atomic E-state index is 0.0272. The summed E-state index contributed by atoms with van der Waals surface area (Å²) in [5.74, 6) is 0.835. The van der Waals surface area contributed by atoms with E-state index in [0.717, 1.165) is 30.6 Å². The lowest BCUT2D eigenvalue weighted by Gasteiger charge is -2.55. The van der Waals surface area contributed by atoms with Gasteiger partial charge in [0.25, 0.3) is 0 Å². The number of rotatable bonds is 7. The van der Waals surface area contributed by atoms with Crippen molar-refractivity contribution in [3.05, 3.63) is 65.7 Å². The van der Waals surface area contributed by atoms with Crippen LogP contribution < -0.4 is 10.6 Å². The normalized spacial score (nSPS) is 30.5. The van der Waals surface area contributed by atoms with Gasteiger partial charge in [-0.05, 0) is 47.9 Å². The van der Waals surface area contributed by atoms with Gasteiger partial charge in [0, 0.05) is 31.6 Å². The van der Waals surface area contributed by atoms with E-state index in [-0.39, 0.29) is 41.4 Å². The van der Waals surface area contributed by atoms with Crippen molar-refractivity contribution >= 4 is 11.8 Å². The number of amides is 2.